The molecule has 1 rings (SSSR count). The molecule has 0 spiro atoms. The lowest BCUT2D eigenvalue weighted by molar-refractivity contribution is -0.145. The zero-order valence-electron chi connectivity index (χ0n) is 12.4. The van der Waals surface area contributed by atoms with Gasteiger partial charge >= 0.3 is 5.97 Å². The van der Waals surface area contributed by atoms with Gasteiger partial charge in [-0.05, 0) is 24.6 Å². The molecule has 7 heteroatoms. The summed E-state index contributed by atoms with van der Waals surface area (Å²) >= 11 is 6.81. The smallest absolute Gasteiger partial charge is 0.328 e. The monoisotopic (exact) mass is 424 g/mol. The highest BCUT2D eigenvalue weighted by Crippen LogP contribution is 2.44. The van der Waals surface area contributed by atoms with Crippen molar-refractivity contribution < 1.29 is 23.7 Å². The largest absolute Gasteiger partial charge is 0.493 e. The van der Waals surface area contributed by atoms with Crippen molar-refractivity contribution in [1.29, 1.82) is 0 Å². The fraction of sp³-hybridized carbons (Fsp3) is 0.500. The Morgan fingerprint density at radius 1 is 1.14 bits per heavy atom. The first-order valence-electron chi connectivity index (χ1n) is 6.21. The van der Waals surface area contributed by atoms with Crippen molar-refractivity contribution in [2.75, 3.05) is 33.3 Å². The Morgan fingerprint density at radius 3 is 2.00 bits per heavy atom. The van der Waals surface area contributed by atoms with Gasteiger partial charge in [0.1, 0.15) is 0 Å². The van der Waals surface area contributed by atoms with Crippen molar-refractivity contribution in [2.45, 2.75) is 11.2 Å². The van der Waals surface area contributed by atoms with Crippen molar-refractivity contribution in [3.8, 4) is 17.2 Å². The molecule has 0 radical (unpaired) electrons. The number of halogens is 2. The summed E-state index contributed by atoms with van der Waals surface area (Å²) in [6.45, 7) is 2.05. The Bertz CT molecular complexity index is 481. The number of carbonyl (C=O) groups excluding carboxylic acids is 1. The molecule has 0 bridgehead atoms. The molecular formula is C14H18Br2O5. The molecule has 0 aliphatic heterocycles. The van der Waals surface area contributed by atoms with Crippen molar-refractivity contribution >= 4 is 37.8 Å². The van der Waals surface area contributed by atoms with E-state index in [0.29, 0.717) is 34.7 Å². The second kappa shape index (κ2) is 7.89. The number of benzene rings is 1. The summed E-state index contributed by atoms with van der Waals surface area (Å²) in [5.41, 5.74) is 0.646. The van der Waals surface area contributed by atoms with Crippen LogP contribution in [0, 0.1) is 0 Å². The van der Waals surface area contributed by atoms with Gasteiger partial charge in [-0.3, -0.25) is 4.79 Å². The van der Waals surface area contributed by atoms with E-state index in [1.54, 1.807) is 19.1 Å². The Balaban J connectivity index is 3.43. The molecule has 1 aromatic carbocycles. The first-order chi connectivity index (χ1) is 9.98. The quantitative estimate of drug-likeness (QED) is 0.495. The molecule has 1 aromatic rings. The fourth-order valence-electron chi connectivity index (χ4n) is 1.80. The maximum Gasteiger partial charge on any atom is 0.328 e. The molecule has 118 valence electrons. The van der Waals surface area contributed by atoms with Gasteiger partial charge < -0.3 is 18.9 Å². The number of ether oxygens (including phenoxy) is 4. The summed E-state index contributed by atoms with van der Waals surface area (Å²) in [6, 6.07) is 3.43. The third kappa shape index (κ3) is 3.63. The van der Waals surface area contributed by atoms with Crippen molar-refractivity contribution in [1.82, 2.24) is 0 Å². The van der Waals surface area contributed by atoms with Gasteiger partial charge in [0.15, 0.2) is 15.8 Å². The van der Waals surface area contributed by atoms with E-state index in [0.717, 1.165) is 0 Å². The maximum atomic E-state index is 12.2. The van der Waals surface area contributed by atoms with Crippen LogP contribution in [0.15, 0.2) is 12.1 Å². The number of carbonyl (C=O) groups is 1. The normalized spacial score (nSPS) is 13.2. The van der Waals surface area contributed by atoms with Gasteiger partial charge in [0.2, 0.25) is 5.75 Å². The van der Waals surface area contributed by atoms with Crippen LogP contribution in [0.25, 0.3) is 0 Å². The van der Waals surface area contributed by atoms with E-state index in [9.17, 15) is 4.79 Å². The minimum absolute atomic E-state index is 0.295. The van der Waals surface area contributed by atoms with Crippen LogP contribution in [0.1, 0.15) is 12.5 Å². The molecule has 0 aliphatic rings. The SMILES string of the molecule is CCOC(=O)C(Br)(CBr)c1cc(OC)c(OC)c(OC)c1. The molecule has 0 amide bonds. The summed E-state index contributed by atoms with van der Waals surface area (Å²) in [7, 11) is 4.57. The lowest BCUT2D eigenvalue weighted by Crippen LogP contribution is -2.33. The summed E-state index contributed by atoms with van der Waals surface area (Å²) < 4.78 is 20.0. The Hall–Kier alpha value is -0.950. The van der Waals surface area contributed by atoms with E-state index < -0.39 is 10.3 Å². The van der Waals surface area contributed by atoms with Gasteiger partial charge in [-0.1, -0.05) is 31.9 Å². The van der Waals surface area contributed by atoms with E-state index in [4.69, 9.17) is 18.9 Å². The van der Waals surface area contributed by atoms with Crippen molar-refractivity contribution in [3.05, 3.63) is 17.7 Å². The summed E-state index contributed by atoms with van der Waals surface area (Å²) in [5.74, 6) is 1.02. The topological polar surface area (TPSA) is 54.0 Å². The van der Waals surface area contributed by atoms with Crippen molar-refractivity contribution in [3.63, 3.8) is 0 Å². The molecule has 21 heavy (non-hydrogen) atoms. The predicted octanol–water partition coefficient (Wildman–Crippen LogP) is 3.26. The Kier molecular flexibility index (Phi) is 6.80. The molecule has 0 fully saturated rings. The van der Waals surface area contributed by atoms with Crippen LogP contribution in [-0.4, -0.2) is 39.2 Å². The van der Waals surface area contributed by atoms with Crippen LogP contribution in [-0.2, 0) is 13.9 Å². The number of esters is 1. The highest BCUT2D eigenvalue weighted by Gasteiger charge is 2.39. The second-order valence-corrected chi connectivity index (χ2v) is 5.98. The molecule has 0 aromatic heterocycles. The predicted molar refractivity (Wildman–Crippen MR) is 87.1 cm³/mol. The second-order valence-electron chi connectivity index (χ2n) is 4.07. The van der Waals surface area contributed by atoms with Crippen molar-refractivity contribution in [2.24, 2.45) is 0 Å². The van der Waals surface area contributed by atoms with Crippen LogP contribution >= 0.6 is 31.9 Å². The van der Waals surface area contributed by atoms with E-state index in [2.05, 4.69) is 31.9 Å². The number of hydrogen-bond acceptors (Lipinski definition) is 5. The van der Waals surface area contributed by atoms with Gasteiger partial charge in [-0.15, -0.1) is 0 Å². The van der Waals surface area contributed by atoms with E-state index >= 15 is 0 Å². The molecule has 1 unspecified atom stereocenters. The average molecular weight is 426 g/mol. The summed E-state index contributed by atoms with van der Waals surface area (Å²) in [5, 5.41) is 0.331. The molecule has 1 atom stereocenters. The maximum absolute atomic E-state index is 12.2. The van der Waals surface area contributed by atoms with Gasteiger partial charge in [0.25, 0.3) is 0 Å². The molecular weight excluding hydrogens is 408 g/mol. The third-order valence-electron chi connectivity index (χ3n) is 2.91. The lowest BCUT2D eigenvalue weighted by atomic mass is 10.00. The standard InChI is InChI=1S/C14H18Br2O5/c1-5-21-13(17)14(16,8-15)9-6-10(18-2)12(20-4)11(7-9)19-3/h6-7H,5,8H2,1-4H3. The summed E-state index contributed by atoms with van der Waals surface area (Å²) in [4.78, 5) is 12.2. The van der Waals surface area contributed by atoms with Gasteiger partial charge in [0, 0.05) is 5.33 Å². The minimum atomic E-state index is -1.03. The first kappa shape index (κ1) is 18.1. The zero-order valence-corrected chi connectivity index (χ0v) is 15.5. The molecule has 0 aliphatic carbocycles. The van der Waals surface area contributed by atoms with Gasteiger partial charge in [-0.2, -0.15) is 0 Å². The zero-order chi connectivity index (χ0) is 16.0. The molecule has 0 saturated carbocycles. The Labute approximate surface area is 141 Å². The number of rotatable bonds is 7. The van der Waals surface area contributed by atoms with Crippen LogP contribution in [0.5, 0.6) is 17.2 Å². The van der Waals surface area contributed by atoms with E-state index in [-0.39, 0.29) is 0 Å². The number of methoxy groups -OCH3 is 3. The van der Waals surface area contributed by atoms with E-state index in [1.165, 1.54) is 21.3 Å². The summed E-state index contributed by atoms with van der Waals surface area (Å²) in [6.07, 6.45) is 0. The lowest BCUT2D eigenvalue weighted by Gasteiger charge is -2.25. The van der Waals surface area contributed by atoms with E-state index in [1.807, 2.05) is 0 Å². The fourth-order valence-corrected chi connectivity index (χ4v) is 2.70. The van der Waals surface area contributed by atoms with Gasteiger partial charge in [0.05, 0.1) is 27.9 Å². The van der Waals surface area contributed by atoms with Crippen LogP contribution in [0.3, 0.4) is 0 Å². The highest BCUT2D eigenvalue weighted by atomic mass is 79.9. The molecule has 0 N–H and O–H groups in total. The van der Waals surface area contributed by atoms with Gasteiger partial charge in [-0.25, -0.2) is 0 Å². The molecule has 0 heterocycles. The van der Waals surface area contributed by atoms with Crippen LogP contribution in [0.2, 0.25) is 0 Å². The molecule has 5 nitrogen and oxygen atoms in total. The Morgan fingerprint density at radius 2 is 1.67 bits per heavy atom. The third-order valence-corrected chi connectivity index (χ3v) is 5.56. The number of alkyl halides is 2. The minimum Gasteiger partial charge on any atom is -0.493 e. The number of hydrogen-bond donors (Lipinski definition) is 0. The van der Waals surface area contributed by atoms with Crippen LogP contribution < -0.4 is 14.2 Å². The average Bonchev–Trinajstić information content (AvgIpc) is 2.52. The first-order valence-corrected chi connectivity index (χ1v) is 8.12. The molecule has 0 saturated heterocycles. The van der Waals surface area contributed by atoms with Crippen LogP contribution in [0.4, 0.5) is 0 Å². The highest BCUT2D eigenvalue weighted by molar-refractivity contribution is 9.12.